The first kappa shape index (κ1) is 13.7. The summed E-state index contributed by atoms with van der Waals surface area (Å²) in [5.41, 5.74) is 6.44. The lowest BCUT2D eigenvalue weighted by atomic mass is 9.82. The Morgan fingerprint density at radius 1 is 1.30 bits per heavy atom. The number of halogens is 1. The minimum atomic E-state index is 0.363. The molecule has 20 heavy (non-hydrogen) atoms. The summed E-state index contributed by atoms with van der Waals surface area (Å²) in [6, 6.07) is 3.79. The third kappa shape index (κ3) is 2.76. The standard InChI is InChI=1S/C14H17BrN4O/c15-11-2-1-7-17-12(11)13-18-14(20-19-13)10-5-3-9(8-16)4-6-10/h1-2,7,9-10H,3-6,8,16H2. The topological polar surface area (TPSA) is 77.8 Å². The summed E-state index contributed by atoms with van der Waals surface area (Å²) in [6.07, 6.45) is 6.17. The Kier molecular flexibility index (Phi) is 4.12. The molecule has 106 valence electrons. The van der Waals surface area contributed by atoms with E-state index in [-0.39, 0.29) is 0 Å². The molecule has 2 N–H and O–H groups in total. The molecule has 0 aromatic carbocycles. The summed E-state index contributed by atoms with van der Waals surface area (Å²) < 4.78 is 6.30. The fourth-order valence-electron chi connectivity index (χ4n) is 2.69. The molecule has 0 spiro atoms. The Balaban J connectivity index is 1.76. The van der Waals surface area contributed by atoms with Crippen LogP contribution in [0, 0.1) is 5.92 Å². The molecule has 0 unspecified atom stereocenters. The summed E-state index contributed by atoms with van der Waals surface area (Å²) in [6.45, 7) is 0.780. The Morgan fingerprint density at radius 3 is 2.80 bits per heavy atom. The molecule has 2 aromatic rings. The molecule has 5 nitrogen and oxygen atoms in total. The summed E-state index contributed by atoms with van der Waals surface area (Å²) in [7, 11) is 0. The molecule has 0 saturated heterocycles. The average Bonchev–Trinajstić information content (AvgIpc) is 2.97. The van der Waals surface area contributed by atoms with Gasteiger partial charge >= 0.3 is 0 Å². The lowest BCUT2D eigenvalue weighted by Gasteiger charge is -2.24. The number of pyridine rings is 1. The van der Waals surface area contributed by atoms with Crippen molar-refractivity contribution >= 4 is 15.9 Å². The van der Waals surface area contributed by atoms with Crippen LogP contribution < -0.4 is 5.73 Å². The maximum Gasteiger partial charge on any atom is 0.230 e. The quantitative estimate of drug-likeness (QED) is 0.931. The highest BCUT2D eigenvalue weighted by molar-refractivity contribution is 9.10. The smallest absolute Gasteiger partial charge is 0.230 e. The highest BCUT2D eigenvalue weighted by atomic mass is 79.9. The van der Waals surface area contributed by atoms with E-state index in [2.05, 4.69) is 31.1 Å². The zero-order valence-corrected chi connectivity index (χ0v) is 12.7. The van der Waals surface area contributed by atoms with E-state index in [9.17, 15) is 0 Å². The van der Waals surface area contributed by atoms with Crippen molar-refractivity contribution in [2.24, 2.45) is 11.7 Å². The highest BCUT2D eigenvalue weighted by Gasteiger charge is 2.26. The van der Waals surface area contributed by atoms with Gasteiger partial charge in [-0.15, -0.1) is 0 Å². The summed E-state index contributed by atoms with van der Waals surface area (Å²) in [5, 5.41) is 4.06. The Bertz CT molecular complexity index is 578. The molecule has 0 radical (unpaired) electrons. The van der Waals surface area contributed by atoms with Crippen LogP contribution in [-0.2, 0) is 0 Å². The predicted molar refractivity (Wildman–Crippen MR) is 79.0 cm³/mol. The second-order valence-electron chi connectivity index (χ2n) is 5.24. The van der Waals surface area contributed by atoms with E-state index in [1.807, 2.05) is 12.1 Å². The number of hydrogen-bond donors (Lipinski definition) is 1. The first-order valence-electron chi connectivity index (χ1n) is 6.92. The summed E-state index contributed by atoms with van der Waals surface area (Å²) >= 11 is 3.46. The van der Waals surface area contributed by atoms with Gasteiger partial charge in [0.1, 0.15) is 5.69 Å². The van der Waals surface area contributed by atoms with Crippen molar-refractivity contribution in [3.63, 3.8) is 0 Å². The van der Waals surface area contributed by atoms with Crippen molar-refractivity contribution in [1.82, 2.24) is 15.1 Å². The number of nitrogens with zero attached hydrogens (tertiary/aromatic N) is 3. The van der Waals surface area contributed by atoms with Gasteiger partial charge in [-0.3, -0.25) is 4.98 Å². The molecule has 0 amide bonds. The van der Waals surface area contributed by atoms with Crippen LogP contribution in [0.4, 0.5) is 0 Å². The van der Waals surface area contributed by atoms with Crippen molar-refractivity contribution in [1.29, 1.82) is 0 Å². The van der Waals surface area contributed by atoms with Gasteiger partial charge in [0, 0.05) is 16.6 Å². The van der Waals surface area contributed by atoms with Gasteiger partial charge in [-0.05, 0) is 66.2 Å². The van der Waals surface area contributed by atoms with Crippen molar-refractivity contribution < 1.29 is 4.52 Å². The van der Waals surface area contributed by atoms with Gasteiger partial charge in [0.25, 0.3) is 0 Å². The van der Waals surface area contributed by atoms with Crippen LogP contribution in [0.3, 0.4) is 0 Å². The summed E-state index contributed by atoms with van der Waals surface area (Å²) in [5.74, 6) is 2.29. The minimum Gasteiger partial charge on any atom is -0.339 e. The second kappa shape index (κ2) is 6.01. The number of hydrogen-bond acceptors (Lipinski definition) is 5. The van der Waals surface area contributed by atoms with Crippen molar-refractivity contribution in [3.05, 3.63) is 28.7 Å². The van der Waals surface area contributed by atoms with Crippen LogP contribution in [0.25, 0.3) is 11.5 Å². The van der Waals surface area contributed by atoms with Gasteiger partial charge in [-0.1, -0.05) is 5.16 Å². The molecular formula is C14H17BrN4O. The van der Waals surface area contributed by atoms with Crippen LogP contribution >= 0.6 is 15.9 Å². The molecule has 1 saturated carbocycles. The minimum absolute atomic E-state index is 0.363. The van der Waals surface area contributed by atoms with Gasteiger partial charge in [0.05, 0.1) is 0 Å². The third-order valence-electron chi connectivity index (χ3n) is 3.94. The third-order valence-corrected chi connectivity index (χ3v) is 4.58. The Hall–Kier alpha value is -1.27. The van der Waals surface area contributed by atoms with E-state index in [0.29, 0.717) is 17.7 Å². The van der Waals surface area contributed by atoms with Crippen LogP contribution in [0.2, 0.25) is 0 Å². The molecule has 1 aliphatic rings. The van der Waals surface area contributed by atoms with Gasteiger partial charge in [0.15, 0.2) is 0 Å². The normalized spacial score (nSPS) is 22.9. The van der Waals surface area contributed by atoms with Crippen LogP contribution in [-0.4, -0.2) is 21.7 Å². The molecule has 1 aliphatic carbocycles. The number of rotatable bonds is 3. The first-order chi connectivity index (χ1) is 9.78. The van der Waals surface area contributed by atoms with Crippen molar-refractivity contribution in [2.45, 2.75) is 31.6 Å². The number of aromatic nitrogens is 3. The molecule has 2 aromatic heterocycles. The molecule has 0 aliphatic heterocycles. The van der Waals surface area contributed by atoms with Crippen LogP contribution in [0.15, 0.2) is 27.3 Å². The second-order valence-corrected chi connectivity index (χ2v) is 6.10. The monoisotopic (exact) mass is 336 g/mol. The van der Waals surface area contributed by atoms with Crippen LogP contribution in [0.5, 0.6) is 0 Å². The zero-order chi connectivity index (χ0) is 13.9. The van der Waals surface area contributed by atoms with Gasteiger partial charge < -0.3 is 10.3 Å². The van der Waals surface area contributed by atoms with E-state index in [1.165, 1.54) is 0 Å². The fourth-order valence-corrected chi connectivity index (χ4v) is 3.12. The van der Waals surface area contributed by atoms with E-state index in [4.69, 9.17) is 10.3 Å². The maximum atomic E-state index is 5.72. The maximum absolute atomic E-state index is 5.72. The molecule has 6 heteroatoms. The zero-order valence-electron chi connectivity index (χ0n) is 11.1. The molecule has 0 bridgehead atoms. The lowest BCUT2D eigenvalue weighted by molar-refractivity contribution is 0.275. The molecule has 0 atom stereocenters. The van der Waals surface area contributed by atoms with E-state index in [0.717, 1.165) is 48.3 Å². The summed E-state index contributed by atoms with van der Waals surface area (Å²) in [4.78, 5) is 8.80. The molecular weight excluding hydrogens is 320 g/mol. The van der Waals surface area contributed by atoms with Gasteiger partial charge in [-0.2, -0.15) is 4.98 Å². The fraction of sp³-hybridized carbons (Fsp3) is 0.500. The first-order valence-corrected chi connectivity index (χ1v) is 7.71. The van der Waals surface area contributed by atoms with E-state index in [1.54, 1.807) is 6.20 Å². The van der Waals surface area contributed by atoms with Crippen LogP contribution in [0.1, 0.15) is 37.5 Å². The average molecular weight is 337 g/mol. The predicted octanol–water partition coefficient (Wildman–Crippen LogP) is 3.13. The Labute approximate surface area is 126 Å². The van der Waals surface area contributed by atoms with Crippen molar-refractivity contribution in [2.75, 3.05) is 6.54 Å². The largest absolute Gasteiger partial charge is 0.339 e. The SMILES string of the molecule is NCC1CCC(c2nc(-c3ncccc3Br)no2)CC1. The molecule has 1 fully saturated rings. The van der Waals surface area contributed by atoms with Crippen molar-refractivity contribution in [3.8, 4) is 11.5 Å². The molecule has 3 rings (SSSR count). The number of nitrogens with two attached hydrogens (primary N) is 1. The lowest BCUT2D eigenvalue weighted by Crippen LogP contribution is -2.20. The van der Waals surface area contributed by atoms with Gasteiger partial charge in [-0.25, -0.2) is 0 Å². The van der Waals surface area contributed by atoms with Gasteiger partial charge in [0.2, 0.25) is 11.7 Å². The Morgan fingerprint density at radius 2 is 2.10 bits per heavy atom. The van der Waals surface area contributed by atoms with E-state index < -0.39 is 0 Å². The molecule has 2 heterocycles. The van der Waals surface area contributed by atoms with E-state index >= 15 is 0 Å². The highest BCUT2D eigenvalue weighted by Crippen LogP contribution is 2.35.